The number of ketones is 1. The van der Waals surface area contributed by atoms with Crippen LogP contribution in [0.5, 0.6) is 17.2 Å². The maximum absolute atomic E-state index is 13.5. The molecular weight excluding hydrogens is 442 g/mol. The molecule has 4 unspecified atom stereocenters. The number of halogens is 1. The van der Waals surface area contributed by atoms with Crippen molar-refractivity contribution in [3.05, 3.63) is 29.0 Å². The van der Waals surface area contributed by atoms with Gasteiger partial charge in [-0.3, -0.25) is 9.59 Å². The molecular formula is C21H24BrNO6. The summed E-state index contributed by atoms with van der Waals surface area (Å²) in [5.74, 6) is 1.07. The number of Topliss-reactive ketones (excluding diaryl/α,β-unsaturated/α-hetero) is 1. The first-order valence-corrected chi connectivity index (χ1v) is 10.5. The Labute approximate surface area is 178 Å². The summed E-state index contributed by atoms with van der Waals surface area (Å²) in [6.07, 6.45) is 2.16. The van der Waals surface area contributed by atoms with Gasteiger partial charge in [-0.05, 0) is 37.0 Å². The Hall–Kier alpha value is -2.22. The minimum Gasteiger partial charge on any atom is -0.493 e. The van der Waals surface area contributed by atoms with E-state index in [0.717, 1.165) is 12.8 Å². The van der Waals surface area contributed by atoms with Gasteiger partial charge in [0.25, 0.3) is 5.91 Å². The minimum atomic E-state index is -0.560. The summed E-state index contributed by atoms with van der Waals surface area (Å²) in [7, 11) is 6.28. The molecule has 4 atom stereocenters. The van der Waals surface area contributed by atoms with Crippen molar-refractivity contribution >= 4 is 27.6 Å². The SMILES string of the molecule is COc1cc(C2C3=C(OC4CCC(Br)CC4C3=O)C(=O)N2C)cc(OC)c1OC. The zero-order valence-corrected chi connectivity index (χ0v) is 18.4. The van der Waals surface area contributed by atoms with Gasteiger partial charge in [0.15, 0.2) is 23.0 Å². The van der Waals surface area contributed by atoms with Crippen LogP contribution < -0.4 is 14.2 Å². The molecule has 7 nitrogen and oxygen atoms in total. The topological polar surface area (TPSA) is 74.3 Å². The normalized spacial score (nSPS) is 28.7. The number of carbonyl (C=O) groups is 2. The molecule has 0 bridgehead atoms. The summed E-state index contributed by atoms with van der Waals surface area (Å²) < 4.78 is 22.4. The predicted molar refractivity (Wildman–Crippen MR) is 109 cm³/mol. The Kier molecular flexibility index (Phi) is 5.23. The summed E-state index contributed by atoms with van der Waals surface area (Å²) in [6, 6.07) is 2.99. The summed E-state index contributed by atoms with van der Waals surface area (Å²) in [6.45, 7) is 0. The predicted octanol–water partition coefficient (Wildman–Crippen LogP) is 3.01. The van der Waals surface area contributed by atoms with Crippen molar-refractivity contribution in [2.24, 2.45) is 5.92 Å². The molecule has 0 spiro atoms. The molecule has 2 heterocycles. The average molecular weight is 466 g/mol. The van der Waals surface area contributed by atoms with Crippen molar-refractivity contribution in [3.8, 4) is 17.2 Å². The number of rotatable bonds is 4. The number of benzene rings is 1. The molecule has 8 heteroatoms. The molecule has 4 rings (SSSR count). The highest BCUT2D eigenvalue weighted by atomic mass is 79.9. The molecule has 1 fully saturated rings. The Morgan fingerprint density at radius 3 is 2.31 bits per heavy atom. The largest absolute Gasteiger partial charge is 0.493 e. The van der Waals surface area contributed by atoms with Crippen molar-refractivity contribution in [2.75, 3.05) is 28.4 Å². The Balaban J connectivity index is 1.81. The van der Waals surface area contributed by atoms with Crippen LogP contribution in [0.4, 0.5) is 0 Å². The van der Waals surface area contributed by atoms with E-state index in [9.17, 15) is 9.59 Å². The third-order valence-corrected chi connectivity index (χ3v) is 6.85. The van der Waals surface area contributed by atoms with E-state index < -0.39 is 6.04 Å². The molecule has 2 aliphatic heterocycles. The number of likely N-dealkylation sites (N-methyl/N-ethyl adjacent to an activating group) is 1. The highest BCUT2D eigenvalue weighted by Gasteiger charge is 2.52. The molecule has 156 valence electrons. The van der Waals surface area contributed by atoms with Crippen LogP contribution in [0, 0.1) is 5.92 Å². The van der Waals surface area contributed by atoms with Crippen molar-refractivity contribution in [2.45, 2.75) is 36.2 Å². The number of hydrogen-bond donors (Lipinski definition) is 0. The van der Waals surface area contributed by atoms with Crippen LogP contribution >= 0.6 is 15.9 Å². The van der Waals surface area contributed by atoms with Gasteiger partial charge in [-0.15, -0.1) is 0 Å². The van der Waals surface area contributed by atoms with Crippen LogP contribution in [0.1, 0.15) is 30.9 Å². The van der Waals surface area contributed by atoms with E-state index in [-0.39, 0.29) is 34.3 Å². The summed E-state index contributed by atoms with van der Waals surface area (Å²) in [5.41, 5.74) is 1.14. The van der Waals surface area contributed by atoms with E-state index in [1.807, 2.05) is 0 Å². The molecule has 1 amide bonds. The maximum Gasteiger partial charge on any atom is 0.289 e. The molecule has 29 heavy (non-hydrogen) atoms. The van der Waals surface area contributed by atoms with Gasteiger partial charge in [-0.25, -0.2) is 0 Å². The molecule has 0 radical (unpaired) electrons. The molecule has 0 N–H and O–H groups in total. The van der Waals surface area contributed by atoms with Crippen LogP contribution in [-0.2, 0) is 14.3 Å². The van der Waals surface area contributed by atoms with E-state index in [0.29, 0.717) is 34.8 Å². The van der Waals surface area contributed by atoms with E-state index in [4.69, 9.17) is 18.9 Å². The number of hydrogen-bond acceptors (Lipinski definition) is 6. The van der Waals surface area contributed by atoms with E-state index in [1.54, 1.807) is 24.1 Å². The highest BCUT2D eigenvalue weighted by Crippen LogP contribution is 2.49. The molecule has 0 aromatic heterocycles. The van der Waals surface area contributed by atoms with E-state index in [1.165, 1.54) is 21.3 Å². The second-order valence-electron chi connectivity index (χ2n) is 7.56. The number of alkyl halides is 1. The van der Waals surface area contributed by atoms with Crippen molar-refractivity contribution in [1.29, 1.82) is 0 Å². The number of amides is 1. The molecule has 1 saturated carbocycles. The van der Waals surface area contributed by atoms with Crippen LogP contribution in [0.3, 0.4) is 0 Å². The maximum atomic E-state index is 13.5. The number of methoxy groups -OCH3 is 3. The van der Waals surface area contributed by atoms with Crippen LogP contribution in [0.15, 0.2) is 23.5 Å². The first-order chi connectivity index (χ1) is 13.9. The molecule has 1 aromatic carbocycles. The van der Waals surface area contributed by atoms with Gasteiger partial charge in [0.2, 0.25) is 5.75 Å². The van der Waals surface area contributed by atoms with Crippen LogP contribution in [0.2, 0.25) is 0 Å². The number of fused-ring (bicyclic) bond motifs is 1. The van der Waals surface area contributed by atoms with Gasteiger partial charge < -0.3 is 23.8 Å². The van der Waals surface area contributed by atoms with Crippen LogP contribution in [0.25, 0.3) is 0 Å². The third-order valence-electron chi connectivity index (χ3n) is 6.02. The number of ether oxygens (including phenoxy) is 4. The minimum absolute atomic E-state index is 0.00292. The smallest absolute Gasteiger partial charge is 0.289 e. The summed E-state index contributed by atoms with van der Waals surface area (Å²) in [5, 5.41) is 0. The van der Waals surface area contributed by atoms with Crippen LogP contribution in [-0.4, -0.2) is 55.9 Å². The lowest BCUT2D eigenvalue weighted by Gasteiger charge is -2.37. The van der Waals surface area contributed by atoms with Crippen molar-refractivity contribution in [1.82, 2.24) is 4.90 Å². The Morgan fingerprint density at radius 2 is 1.72 bits per heavy atom. The van der Waals surface area contributed by atoms with Gasteiger partial charge in [0.05, 0.1) is 38.9 Å². The Bertz CT molecular complexity index is 872. The zero-order chi connectivity index (χ0) is 20.9. The third kappa shape index (κ3) is 3.08. The Morgan fingerprint density at radius 1 is 1.07 bits per heavy atom. The van der Waals surface area contributed by atoms with Gasteiger partial charge >= 0.3 is 0 Å². The number of carbonyl (C=O) groups excluding carboxylic acids is 2. The lowest BCUT2D eigenvalue weighted by atomic mass is 9.77. The first kappa shape index (κ1) is 20.1. The van der Waals surface area contributed by atoms with Gasteiger partial charge in [-0.2, -0.15) is 0 Å². The monoisotopic (exact) mass is 465 g/mol. The average Bonchev–Trinajstić information content (AvgIpc) is 2.98. The molecule has 3 aliphatic rings. The van der Waals surface area contributed by atoms with Gasteiger partial charge in [0.1, 0.15) is 6.10 Å². The van der Waals surface area contributed by atoms with Crippen molar-refractivity contribution in [3.63, 3.8) is 0 Å². The quantitative estimate of drug-likeness (QED) is 0.636. The van der Waals surface area contributed by atoms with Crippen molar-refractivity contribution < 1.29 is 28.5 Å². The summed E-state index contributed by atoms with van der Waals surface area (Å²) >= 11 is 3.64. The van der Waals surface area contributed by atoms with E-state index in [2.05, 4.69) is 15.9 Å². The molecule has 0 saturated heterocycles. The fourth-order valence-corrected chi connectivity index (χ4v) is 5.25. The highest BCUT2D eigenvalue weighted by molar-refractivity contribution is 9.09. The molecule has 1 aliphatic carbocycles. The van der Waals surface area contributed by atoms with E-state index >= 15 is 0 Å². The lowest BCUT2D eigenvalue weighted by Crippen LogP contribution is -2.41. The standard InChI is InChI=1S/C21H24BrNO6/c1-23-17(10-7-14(26-2)19(28-4)15(8-10)27-3)16-18(24)12-9-11(22)5-6-13(12)29-20(16)21(23)25/h7-8,11-13,17H,5-6,9H2,1-4H3. The fraction of sp³-hybridized carbons (Fsp3) is 0.524. The number of nitrogens with zero attached hydrogens (tertiary/aromatic N) is 1. The van der Waals surface area contributed by atoms with Gasteiger partial charge in [0, 0.05) is 11.9 Å². The second kappa shape index (κ2) is 7.55. The lowest BCUT2D eigenvalue weighted by molar-refractivity contribution is -0.134. The second-order valence-corrected chi connectivity index (χ2v) is 8.85. The van der Waals surface area contributed by atoms with Gasteiger partial charge in [-0.1, -0.05) is 15.9 Å². The first-order valence-electron chi connectivity index (χ1n) is 9.57. The summed E-state index contributed by atoms with van der Waals surface area (Å²) in [4.78, 5) is 28.2. The fourth-order valence-electron chi connectivity index (χ4n) is 4.58. The molecule has 1 aromatic rings. The zero-order valence-electron chi connectivity index (χ0n) is 16.9.